The van der Waals surface area contributed by atoms with Gasteiger partial charge in [0.25, 0.3) is 0 Å². The highest BCUT2D eigenvalue weighted by molar-refractivity contribution is 6.19. The first-order valence-electron chi connectivity index (χ1n) is 6.42. The van der Waals surface area contributed by atoms with Gasteiger partial charge in [-0.05, 0) is 24.0 Å². The van der Waals surface area contributed by atoms with Crippen molar-refractivity contribution in [2.75, 3.05) is 5.88 Å². The van der Waals surface area contributed by atoms with Gasteiger partial charge in [0.1, 0.15) is 0 Å². The van der Waals surface area contributed by atoms with Gasteiger partial charge >= 0.3 is 0 Å². The fourth-order valence-corrected chi connectivity index (χ4v) is 1.82. The predicted octanol–water partition coefficient (Wildman–Crippen LogP) is 3.86. The Labute approximate surface area is 115 Å². The van der Waals surface area contributed by atoms with Crippen LogP contribution in [-0.4, -0.2) is 11.8 Å². The van der Waals surface area contributed by atoms with Crippen molar-refractivity contribution in [3.05, 3.63) is 35.4 Å². The SMILES string of the molecule is CC(CCl)C(=O)NC(C)c1ccc(C(C)C)cc1. The minimum Gasteiger partial charge on any atom is -0.349 e. The average Bonchev–Trinajstić information content (AvgIpc) is 2.37. The van der Waals surface area contributed by atoms with Crippen molar-refractivity contribution in [1.82, 2.24) is 5.32 Å². The molecule has 100 valence electrons. The van der Waals surface area contributed by atoms with Crippen LogP contribution >= 0.6 is 11.6 Å². The largest absolute Gasteiger partial charge is 0.349 e. The summed E-state index contributed by atoms with van der Waals surface area (Å²) >= 11 is 5.67. The average molecular weight is 268 g/mol. The highest BCUT2D eigenvalue weighted by Gasteiger charge is 2.15. The summed E-state index contributed by atoms with van der Waals surface area (Å²) in [6.45, 7) is 8.16. The molecule has 0 radical (unpaired) electrons. The molecule has 0 aliphatic heterocycles. The van der Waals surface area contributed by atoms with Crippen LogP contribution < -0.4 is 5.32 Å². The van der Waals surface area contributed by atoms with Gasteiger partial charge < -0.3 is 5.32 Å². The molecule has 1 amide bonds. The van der Waals surface area contributed by atoms with Crippen LogP contribution in [0, 0.1) is 5.92 Å². The number of rotatable bonds is 5. The minimum absolute atomic E-state index is 0.00503. The Bertz CT molecular complexity index is 386. The second-order valence-electron chi connectivity index (χ2n) is 5.11. The highest BCUT2D eigenvalue weighted by Crippen LogP contribution is 2.18. The zero-order valence-corrected chi connectivity index (χ0v) is 12.3. The molecule has 1 N–H and O–H groups in total. The maximum Gasteiger partial charge on any atom is 0.224 e. The molecule has 1 aromatic rings. The second kappa shape index (κ2) is 6.79. The molecule has 0 saturated heterocycles. The van der Waals surface area contributed by atoms with Crippen LogP contribution in [0.4, 0.5) is 0 Å². The van der Waals surface area contributed by atoms with E-state index >= 15 is 0 Å². The van der Waals surface area contributed by atoms with Crippen molar-refractivity contribution in [2.24, 2.45) is 5.92 Å². The van der Waals surface area contributed by atoms with Gasteiger partial charge in [-0.1, -0.05) is 45.0 Å². The summed E-state index contributed by atoms with van der Waals surface area (Å²) in [5.41, 5.74) is 2.43. The number of halogens is 1. The summed E-state index contributed by atoms with van der Waals surface area (Å²) in [5.74, 6) is 0.736. The molecule has 2 nitrogen and oxygen atoms in total. The van der Waals surface area contributed by atoms with Crippen LogP contribution in [0.3, 0.4) is 0 Å². The number of amides is 1. The number of carbonyl (C=O) groups is 1. The third kappa shape index (κ3) is 4.02. The van der Waals surface area contributed by atoms with Gasteiger partial charge in [-0.15, -0.1) is 11.6 Å². The van der Waals surface area contributed by atoms with Crippen LogP contribution in [0.1, 0.15) is 50.8 Å². The van der Waals surface area contributed by atoms with Crippen LogP contribution in [0.25, 0.3) is 0 Å². The van der Waals surface area contributed by atoms with Gasteiger partial charge in [0.2, 0.25) is 5.91 Å². The van der Waals surface area contributed by atoms with Crippen molar-refractivity contribution < 1.29 is 4.79 Å². The van der Waals surface area contributed by atoms with Gasteiger partial charge in [-0.25, -0.2) is 0 Å². The van der Waals surface area contributed by atoms with E-state index in [2.05, 4.69) is 43.4 Å². The lowest BCUT2D eigenvalue weighted by atomic mass is 9.99. The van der Waals surface area contributed by atoms with E-state index in [1.165, 1.54) is 5.56 Å². The van der Waals surface area contributed by atoms with Crippen molar-refractivity contribution in [2.45, 2.75) is 39.7 Å². The molecule has 1 rings (SSSR count). The molecule has 0 aromatic heterocycles. The molecule has 0 aliphatic carbocycles. The third-order valence-corrected chi connectivity index (χ3v) is 3.60. The fraction of sp³-hybridized carbons (Fsp3) is 0.533. The van der Waals surface area contributed by atoms with E-state index in [-0.39, 0.29) is 17.9 Å². The Morgan fingerprint density at radius 3 is 2.06 bits per heavy atom. The fourth-order valence-electron chi connectivity index (χ4n) is 1.68. The topological polar surface area (TPSA) is 29.1 Å². The van der Waals surface area contributed by atoms with E-state index < -0.39 is 0 Å². The zero-order valence-electron chi connectivity index (χ0n) is 11.5. The molecule has 0 heterocycles. The zero-order chi connectivity index (χ0) is 13.7. The Kier molecular flexibility index (Phi) is 5.67. The second-order valence-corrected chi connectivity index (χ2v) is 5.42. The summed E-state index contributed by atoms with van der Waals surface area (Å²) in [7, 11) is 0. The first-order chi connectivity index (χ1) is 8.45. The molecule has 0 spiro atoms. The smallest absolute Gasteiger partial charge is 0.224 e. The monoisotopic (exact) mass is 267 g/mol. The molecule has 2 unspecified atom stereocenters. The summed E-state index contributed by atoms with van der Waals surface area (Å²) in [5, 5.41) is 2.97. The van der Waals surface area contributed by atoms with Gasteiger partial charge in [0.15, 0.2) is 0 Å². The first kappa shape index (κ1) is 15.0. The third-order valence-electron chi connectivity index (χ3n) is 3.14. The molecular weight excluding hydrogens is 246 g/mol. The van der Waals surface area contributed by atoms with Gasteiger partial charge in [0, 0.05) is 11.8 Å². The molecule has 2 atom stereocenters. The summed E-state index contributed by atoms with van der Waals surface area (Å²) < 4.78 is 0. The predicted molar refractivity (Wildman–Crippen MR) is 77.0 cm³/mol. The van der Waals surface area contributed by atoms with Crippen LogP contribution in [0.15, 0.2) is 24.3 Å². The van der Waals surface area contributed by atoms with E-state index in [9.17, 15) is 4.79 Å². The van der Waals surface area contributed by atoms with Gasteiger partial charge in [-0.3, -0.25) is 4.79 Å². The van der Waals surface area contributed by atoms with E-state index in [1.54, 1.807) is 0 Å². The standard InChI is InChI=1S/C15H22ClNO/c1-10(2)13-5-7-14(8-6-13)12(4)17-15(18)11(3)9-16/h5-8,10-12H,9H2,1-4H3,(H,17,18). The molecular formula is C15H22ClNO. The summed E-state index contributed by atoms with van der Waals surface area (Å²) in [6.07, 6.45) is 0. The lowest BCUT2D eigenvalue weighted by Crippen LogP contribution is -2.32. The lowest BCUT2D eigenvalue weighted by molar-refractivity contribution is -0.124. The van der Waals surface area contributed by atoms with Gasteiger partial charge in [-0.2, -0.15) is 0 Å². The Hall–Kier alpha value is -1.02. The Morgan fingerprint density at radius 1 is 1.11 bits per heavy atom. The van der Waals surface area contributed by atoms with Crippen molar-refractivity contribution in [3.63, 3.8) is 0 Å². The number of benzene rings is 1. The Balaban J connectivity index is 2.67. The number of nitrogens with one attached hydrogen (secondary N) is 1. The summed E-state index contributed by atoms with van der Waals surface area (Å²) in [4.78, 5) is 11.7. The van der Waals surface area contributed by atoms with Crippen molar-refractivity contribution in [1.29, 1.82) is 0 Å². The Morgan fingerprint density at radius 2 is 1.61 bits per heavy atom. The summed E-state index contributed by atoms with van der Waals surface area (Å²) in [6, 6.07) is 8.41. The van der Waals surface area contributed by atoms with Crippen molar-refractivity contribution >= 4 is 17.5 Å². The number of alkyl halides is 1. The first-order valence-corrected chi connectivity index (χ1v) is 6.95. The molecule has 0 aliphatic rings. The van der Waals surface area contributed by atoms with E-state index in [0.717, 1.165) is 5.56 Å². The molecule has 3 heteroatoms. The minimum atomic E-state index is -0.149. The van der Waals surface area contributed by atoms with E-state index in [0.29, 0.717) is 11.8 Å². The quantitative estimate of drug-likeness (QED) is 0.807. The molecule has 18 heavy (non-hydrogen) atoms. The highest BCUT2D eigenvalue weighted by atomic mass is 35.5. The number of hydrogen-bond acceptors (Lipinski definition) is 1. The molecule has 0 bridgehead atoms. The molecule has 0 fully saturated rings. The maximum absolute atomic E-state index is 11.7. The normalized spacial score (nSPS) is 14.3. The number of carbonyl (C=O) groups excluding carboxylic acids is 1. The van der Waals surface area contributed by atoms with E-state index in [1.807, 2.05) is 13.8 Å². The molecule has 1 aromatic carbocycles. The maximum atomic E-state index is 11.7. The molecule has 0 saturated carbocycles. The van der Waals surface area contributed by atoms with Crippen LogP contribution in [0.2, 0.25) is 0 Å². The van der Waals surface area contributed by atoms with E-state index in [4.69, 9.17) is 11.6 Å². The van der Waals surface area contributed by atoms with Crippen molar-refractivity contribution in [3.8, 4) is 0 Å². The van der Waals surface area contributed by atoms with Crippen LogP contribution in [0.5, 0.6) is 0 Å². The lowest BCUT2D eigenvalue weighted by Gasteiger charge is -2.17. The van der Waals surface area contributed by atoms with Gasteiger partial charge in [0.05, 0.1) is 6.04 Å². The number of hydrogen-bond donors (Lipinski definition) is 1. The van der Waals surface area contributed by atoms with Crippen LogP contribution in [-0.2, 0) is 4.79 Å².